The van der Waals surface area contributed by atoms with Gasteiger partial charge in [0, 0.05) is 12.4 Å². The summed E-state index contributed by atoms with van der Waals surface area (Å²) in [7, 11) is 0. The van der Waals surface area contributed by atoms with Crippen LogP contribution in [0.15, 0.2) is 22.7 Å². The zero-order chi connectivity index (χ0) is 7.56. The predicted octanol–water partition coefficient (Wildman–Crippen LogP) is 1.03. The molecule has 0 atom stereocenters. The Kier molecular flexibility index (Phi) is 2.19. The summed E-state index contributed by atoms with van der Waals surface area (Å²) in [5, 5.41) is 3.17. The van der Waals surface area contributed by atoms with Gasteiger partial charge in [0.1, 0.15) is 10.3 Å². The van der Waals surface area contributed by atoms with Crippen LogP contribution in [0, 0.1) is 0 Å². The van der Waals surface area contributed by atoms with E-state index in [0.29, 0.717) is 5.16 Å². The normalized spacial score (nSPS) is 17.2. The van der Waals surface area contributed by atoms with Gasteiger partial charge >= 0.3 is 6.41 Å². The minimum atomic E-state index is 0.236. The van der Waals surface area contributed by atoms with Gasteiger partial charge in [-0.25, -0.2) is 0 Å². The molecule has 0 aromatic heterocycles. The van der Waals surface area contributed by atoms with E-state index in [1.54, 1.807) is 6.41 Å². The zero-order valence-corrected chi connectivity index (χ0v) is 6.28. The molecule has 0 bridgehead atoms. The van der Waals surface area contributed by atoms with E-state index in [9.17, 15) is 4.79 Å². The summed E-state index contributed by atoms with van der Waals surface area (Å²) < 4.78 is 0. The molecule has 1 aliphatic heterocycles. The van der Waals surface area contributed by atoms with Crippen LogP contribution in [0.4, 0.5) is 0 Å². The number of hydrogen-bond donors (Lipinski definition) is 1. The van der Waals surface area contributed by atoms with Gasteiger partial charge < -0.3 is 5.32 Å². The molecular weight excluding hydrogens is 175 g/mol. The fourth-order valence-corrected chi connectivity index (χ4v) is 0.770. The smallest absolute Gasteiger partial charge is 0.322 e. The quantitative estimate of drug-likeness (QED) is 0.608. The maximum absolute atomic E-state index is 10.1. The Labute approximate surface area is 67.9 Å². The maximum Gasteiger partial charge on any atom is 0.322 e. The topological polar surface area (TPSA) is 32.3 Å². The van der Waals surface area contributed by atoms with Gasteiger partial charge in [-0.15, -0.1) is 0 Å². The molecule has 1 aliphatic rings. The summed E-state index contributed by atoms with van der Waals surface area (Å²) >= 11 is 11.0. The van der Waals surface area contributed by atoms with Crippen LogP contribution in [0.1, 0.15) is 0 Å². The predicted molar refractivity (Wildman–Crippen MR) is 38.5 cm³/mol. The van der Waals surface area contributed by atoms with Crippen molar-refractivity contribution in [3.63, 3.8) is 0 Å². The van der Waals surface area contributed by atoms with Gasteiger partial charge in [0.15, 0.2) is 0 Å². The lowest BCUT2D eigenvalue weighted by Crippen LogP contribution is -2.20. The van der Waals surface area contributed by atoms with Crippen LogP contribution in [0.25, 0.3) is 0 Å². The summed E-state index contributed by atoms with van der Waals surface area (Å²) in [6, 6.07) is 0. The standard InChI is InChI=1S/C5H3Cl2N2O/c6-4-2-9(3-10)5(7)1-8-4/h1-2,8H. The Morgan fingerprint density at radius 2 is 2.30 bits per heavy atom. The van der Waals surface area contributed by atoms with E-state index in [2.05, 4.69) is 5.32 Å². The van der Waals surface area contributed by atoms with Gasteiger partial charge in [0.25, 0.3) is 0 Å². The summed E-state index contributed by atoms with van der Waals surface area (Å²) in [6.07, 6.45) is 4.29. The average molecular weight is 178 g/mol. The summed E-state index contributed by atoms with van der Waals surface area (Å²) in [5.74, 6) is 0. The minimum Gasteiger partial charge on any atom is -0.348 e. The number of amides is 1. The number of halogens is 2. The van der Waals surface area contributed by atoms with Crippen LogP contribution in [0.5, 0.6) is 0 Å². The monoisotopic (exact) mass is 177 g/mol. The SMILES string of the molecule is O=[C]N1C=C(Cl)NC=C1Cl. The van der Waals surface area contributed by atoms with Crippen LogP contribution in [-0.2, 0) is 4.79 Å². The Morgan fingerprint density at radius 1 is 1.60 bits per heavy atom. The van der Waals surface area contributed by atoms with Crippen LogP contribution >= 0.6 is 23.2 Å². The molecule has 0 saturated heterocycles. The molecule has 3 nitrogen and oxygen atoms in total. The van der Waals surface area contributed by atoms with E-state index < -0.39 is 0 Å². The number of carbonyl (C=O) groups excluding carboxylic acids is 1. The van der Waals surface area contributed by atoms with E-state index in [1.165, 1.54) is 12.4 Å². The van der Waals surface area contributed by atoms with Gasteiger partial charge in [-0.05, 0) is 0 Å². The van der Waals surface area contributed by atoms with Gasteiger partial charge in [0.2, 0.25) is 0 Å². The molecule has 1 heterocycles. The first kappa shape index (κ1) is 7.44. The largest absolute Gasteiger partial charge is 0.348 e. The van der Waals surface area contributed by atoms with E-state index >= 15 is 0 Å². The fourth-order valence-electron chi connectivity index (χ4n) is 0.480. The minimum absolute atomic E-state index is 0.236. The molecule has 0 aliphatic carbocycles. The molecule has 0 unspecified atom stereocenters. The van der Waals surface area contributed by atoms with Crippen LogP contribution in [0.2, 0.25) is 0 Å². The summed E-state index contributed by atoms with van der Waals surface area (Å²) in [6.45, 7) is 0. The lowest BCUT2D eigenvalue weighted by Gasteiger charge is -2.15. The Bertz CT molecular complexity index is 212. The van der Waals surface area contributed by atoms with Crippen molar-refractivity contribution in [3.8, 4) is 0 Å². The first-order valence-electron chi connectivity index (χ1n) is 2.40. The van der Waals surface area contributed by atoms with Gasteiger partial charge in [-0.2, -0.15) is 0 Å². The number of hydrogen-bond acceptors (Lipinski definition) is 2. The molecule has 1 amide bonds. The molecule has 0 fully saturated rings. The van der Waals surface area contributed by atoms with Gasteiger partial charge in [0.05, 0.1) is 0 Å². The van der Waals surface area contributed by atoms with Crippen LogP contribution in [-0.4, -0.2) is 11.3 Å². The molecule has 1 N–H and O–H groups in total. The molecule has 1 rings (SSSR count). The van der Waals surface area contributed by atoms with Crippen molar-refractivity contribution in [1.82, 2.24) is 10.2 Å². The Hall–Kier alpha value is -0.670. The second-order valence-electron chi connectivity index (χ2n) is 1.55. The maximum atomic E-state index is 10.1. The van der Waals surface area contributed by atoms with Crippen molar-refractivity contribution in [1.29, 1.82) is 0 Å². The van der Waals surface area contributed by atoms with Crippen LogP contribution < -0.4 is 5.32 Å². The van der Waals surface area contributed by atoms with E-state index in [0.717, 1.165) is 4.90 Å². The van der Waals surface area contributed by atoms with Crippen molar-refractivity contribution >= 4 is 29.6 Å². The number of rotatable bonds is 1. The third-order valence-corrected chi connectivity index (χ3v) is 1.40. The fraction of sp³-hybridized carbons (Fsp3) is 0. The summed E-state index contributed by atoms with van der Waals surface area (Å²) in [5.41, 5.74) is 0. The van der Waals surface area contributed by atoms with E-state index in [4.69, 9.17) is 23.2 Å². The molecule has 10 heavy (non-hydrogen) atoms. The molecule has 0 spiro atoms. The third kappa shape index (κ3) is 1.43. The molecule has 5 heteroatoms. The highest BCUT2D eigenvalue weighted by molar-refractivity contribution is 6.32. The summed E-state index contributed by atoms with van der Waals surface area (Å²) in [4.78, 5) is 11.1. The van der Waals surface area contributed by atoms with E-state index in [-0.39, 0.29) is 5.16 Å². The van der Waals surface area contributed by atoms with Crippen molar-refractivity contribution in [2.24, 2.45) is 0 Å². The third-order valence-electron chi connectivity index (χ3n) is 0.900. The first-order chi connectivity index (χ1) is 4.74. The molecular formula is C5H3Cl2N2O. The Balaban J connectivity index is 2.77. The van der Waals surface area contributed by atoms with Gasteiger partial charge in [-0.1, -0.05) is 23.2 Å². The van der Waals surface area contributed by atoms with E-state index in [1.807, 2.05) is 0 Å². The lowest BCUT2D eigenvalue weighted by molar-refractivity contribution is 0.505. The van der Waals surface area contributed by atoms with Crippen molar-refractivity contribution in [2.75, 3.05) is 0 Å². The molecule has 0 saturated carbocycles. The Morgan fingerprint density at radius 3 is 2.80 bits per heavy atom. The van der Waals surface area contributed by atoms with Crippen molar-refractivity contribution < 1.29 is 4.79 Å². The second kappa shape index (κ2) is 2.94. The zero-order valence-electron chi connectivity index (χ0n) is 4.77. The highest BCUT2D eigenvalue weighted by Gasteiger charge is 2.09. The highest BCUT2D eigenvalue weighted by atomic mass is 35.5. The molecule has 0 aromatic carbocycles. The van der Waals surface area contributed by atoms with Crippen LogP contribution in [0.3, 0.4) is 0 Å². The number of nitrogens with zero attached hydrogens (tertiary/aromatic N) is 1. The highest BCUT2D eigenvalue weighted by Crippen LogP contribution is 2.14. The van der Waals surface area contributed by atoms with Crippen molar-refractivity contribution in [2.45, 2.75) is 0 Å². The second-order valence-corrected chi connectivity index (χ2v) is 2.34. The lowest BCUT2D eigenvalue weighted by atomic mass is 10.6. The number of nitrogens with one attached hydrogen (secondary N) is 1. The molecule has 0 aromatic rings. The molecule has 53 valence electrons. The van der Waals surface area contributed by atoms with Crippen molar-refractivity contribution in [3.05, 3.63) is 22.7 Å². The van der Waals surface area contributed by atoms with Gasteiger partial charge in [-0.3, -0.25) is 9.69 Å². The average Bonchev–Trinajstić information content (AvgIpc) is 1.94. The first-order valence-corrected chi connectivity index (χ1v) is 3.16. The molecule has 1 radical (unpaired) electrons.